The second-order valence-corrected chi connectivity index (χ2v) is 8.71. The first-order valence-corrected chi connectivity index (χ1v) is 11.3. The number of pyridine rings is 1. The molecule has 162 valence electrons. The van der Waals surface area contributed by atoms with Crippen LogP contribution in [0.4, 0.5) is 10.8 Å². The first-order chi connectivity index (χ1) is 16.2. The van der Waals surface area contributed by atoms with Crippen LogP contribution in [-0.4, -0.2) is 23.0 Å². The quantitative estimate of drug-likeness (QED) is 0.352. The zero-order valence-corrected chi connectivity index (χ0v) is 18.4. The van der Waals surface area contributed by atoms with Crippen LogP contribution in [-0.2, 0) is 0 Å². The number of para-hydroxylation sites is 2. The van der Waals surface area contributed by atoms with Crippen LogP contribution in [0.25, 0.3) is 21.1 Å². The predicted octanol–water partition coefficient (Wildman–Crippen LogP) is 5.13. The number of fused-ring (bicyclic) bond motifs is 4. The molecule has 0 unspecified atom stereocenters. The van der Waals surface area contributed by atoms with E-state index in [-0.39, 0.29) is 5.56 Å². The summed E-state index contributed by atoms with van der Waals surface area (Å²) in [6.07, 6.45) is 0. The van der Waals surface area contributed by atoms with Gasteiger partial charge in [-0.15, -0.1) is 0 Å². The summed E-state index contributed by atoms with van der Waals surface area (Å²) in [4.78, 5) is 25.7. The number of benzene rings is 3. The van der Waals surface area contributed by atoms with Crippen LogP contribution in [0.15, 0.2) is 82.6 Å². The van der Waals surface area contributed by atoms with E-state index >= 15 is 0 Å². The summed E-state index contributed by atoms with van der Waals surface area (Å²) in [5.74, 6) is 1.29. The molecule has 5 aromatic rings. The molecule has 3 N–H and O–H groups in total. The van der Waals surface area contributed by atoms with Crippen molar-refractivity contribution >= 4 is 49.2 Å². The summed E-state index contributed by atoms with van der Waals surface area (Å²) in [5.41, 5.74) is 3.74. The van der Waals surface area contributed by atoms with Crippen molar-refractivity contribution in [3.05, 3.63) is 94.3 Å². The van der Waals surface area contributed by atoms with Crippen molar-refractivity contribution < 1.29 is 4.74 Å². The van der Waals surface area contributed by atoms with E-state index in [2.05, 4.69) is 20.6 Å². The van der Waals surface area contributed by atoms with Gasteiger partial charge < -0.3 is 20.4 Å². The normalized spacial score (nSPS) is 15.1. The maximum Gasteiger partial charge on any atom is 0.256 e. The SMILES string of the molecule is COc1ccc([C@H]2N=C(Nc3nc4ccccc4s3)Nc3c2c(=O)[nH]c2ccccc32)cc1. The summed E-state index contributed by atoms with van der Waals surface area (Å²) in [6.45, 7) is 0. The van der Waals surface area contributed by atoms with Crippen molar-refractivity contribution in [2.45, 2.75) is 6.04 Å². The van der Waals surface area contributed by atoms with E-state index < -0.39 is 6.04 Å². The molecule has 0 spiro atoms. The van der Waals surface area contributed by atoms with Gasteiger partial charge >= 0.3 is 0 Å². The average Bonchev–Trinajstić information content (AvgIpc) is 3.26. The number of ether oxygens (including phenoxy) is 1. The van der Waals surface area contributed by atoms with E-state index in [0.717, 1.165) is 43.3 Å². The minimum absolute atomic E-state index is 0.167. The summed E-state index contributed by atoms with van der Waals surface area (Å²) >= 11 is 1.55. The van der Waals surface area contributed by atoms with Gasteiger partial charge in [-0.1, -0.05) is 53.8 Å². The summed E-state index contributed by atoms with van der Waals surface area (Å²) in [5, 5.41) is 8.33. The smallest absolute Gasteiger partial charge is 0.256 e. The van der Waals surface area contributed by atoms with E-state index in [1.807, 2.05) is 72.8 Å². The van der Waals surface area contributed by atoms with Crippen LogP contribution in [0.3, 0.4) is 0 Å². The highest BCUT2D eigenvalue weighted by atomic mass is 32.1. The third-order valence-corrected chi connectivity index (χ3v) is 6.64. The molecule has 0 amide bonds. The number of hydrogen-bond acceptors (Lipinski definition) is 7. The number of H-pyrrole nitrogens is 1. The van der Waals surface area contributed by atoms with Crippen molar-refractivity contribution in [1.29, 1.82) is 0 Å². The topological polar surface area (TPSA) is 91.4 Å². The van der Waals surface area contributed by atoms with Crippen LogP contribution in [0.5, 0.6) is 5.75 Å². The Kier molecular flexibility index (Phi) is 4.58. The number of aromatic nitrogens is 2. The van der Waals surface area contributed by atoms with E-state index in [0.29, 0.717) is 11.5 Å². The lowest BCUT2D eigenvalue weighted by molar-refractivity contribution is 0.414. The zero-order valence-electron chi connectivity index (χ0n) is 17.6. The molecule has 0 saturated heterocycles. The molecule has 0 aliphatic carbocycles. The van der Waals surface area contributed by atoms with Gasteiger partial charge in [0, 0.05) is 5.39 Å². The Hall–Kier alpha value is -4.17. The van der Waals surface area contributed by atoms with Crippen molar-refractivity contribution in [1.82, 2.24) is 9.97 Å². The molecular weight excluding hydrogens is 434 g/mol. The Morgan fingerprint density at radius 3 is 2.61 bits per heavy atom. The maximum absolute atomic E-state index is 13.1. The van der Waals surface area contributed by atoms with Gasteiger partial charge in [0.1, 0.15) is 11.8 Å². The van der Waals surface area contributed by atoms with Crippen LogP contribution in [0.2, 0.25) is 0 Å². The van der Waals surface area contributed by atoms with Gasteiger partial charge in [-0.25, -0.2) is 9.98 Å². The molecule has 0 saturated carbocycles. The second kappa shape index (κ2) is 7.75. The van der Waals surface area contributed by atoms with Crippen molar-refractivity contribution in [3.63, 3.8) is 0 Å². The third-order valence-electron chi connectivity index (χ3n) is 5.68. The Morgan fingerprint density at radius 2 is 1.79 bits per heavy atom. The third kappa shape index (κ3) is 3.41. The summed E-state index contributed by atoms with van der Waals surface area (Å²) in [7, 11) is 1.63. The Bertz CT molecular complexity index is 1550. The summed E-state index contributed by atoms with van der Waals surface area (Å²) < 4.78 is 6.39. The van der Waals surface area contributed by atoms with Crippen LogP contribution >= 0.6 is 11.3 Å². The van der Waals surface area contributed by atoms with Crippen molar-refractivity contribution in [2.24, 2.45) is 4.99 Å². The molecule has 7 nitrogen and oxygen atoms in total. The van der Waals surface area contributed by atoms with Crippen molar-refractivity contribution in [3.8, 4) is 5.75 Å². The van der Waals surface area contributed by atoms with Crippen LogP contribution in [0, 0.1) is 0 Å². The number of nitrogens with one attached hydrogen (secondary N) is 3. The fourth-order valence-electron chi connectivity index (χ4n) is 4.12. The highest BCUT2D eigenvalue weighted by Crippen LogP contribution is 2.37. The Morgan fingerprint density at radius 1 is 1.00 bits per heavy atom. The minimum atomic E-state index is -0.489. The predicted molar refractivity (Wildman–Crippen MR) is 134 cm³/mol. The average molecular weight is 454 g/mol. The van der Waals surface area contributed by atoms with Crippen LogP contribution in [0.1, 0.15) is 17.2 Å². The Balaban J connectivity index is 1.50. The largest absolute Gasteiger partial charge is 0.497 e. The highest BCUT2D eigenvalue weighted by Gasteiger charge is 2.28. The van der Waals surface area contributed by atoms with Crippen molar-refractivity contribution in [2.75, 3.05) is 17.7 Å². The van der Waals surface area contributed by atoms with E-state index in [1.54, 1.807) is 18.4 Å². The lowest BCUT2D eigenvalue weighted by Crippen LogP contribution is -2.32. The molecule has 1 atom stereocenters. The van der Waals surface area contributed by atoms with Gasteiger partial charge in [0.25, 0.3) is 5.56 Å². The molecule has 33 heavy (non-hydrogen) atoms. The molecule has 1 aliphatic rings. The number of anilines is 2. The molecule has 3 aromatic carbocycles. The number of thiazole rings is 1. The number of nitrogens with zero attached hydrogens (tertiary/aromatic N) is 2. The number of methoxy groups -OCH3 is 1. The molecular formula is C25H19N5O2S. The molecule has 6 rings (SSSR count). The van der Waals surface area contributed by atoms with E-state index in [4.69, 9.17) is 9.73 Å². The lowest BCUT2D eigenvalue weighted by Gasteiger charge is -2.26. The minimum Gasteiger partial charge on any atom is -0.497 e. The first-order valence-electron chi connectivity index (χ1n) is 10.5. The second-order valence-electron chi connectivity index (χ2n) is 7.68. The van der Waals surface area contributed by atoms with Gasteiger partial charge in [-0.2, -0.15) is 0 Å². The first kappa shape index (κ1) is 19.5. The molecule has 1 aliphatic heterocycles. The lowest BCUT2D eigenvalue weighted by atomic mass is 9.95. The molecule has 8 heteroatoms. The number of aliphatic imine (C=N–C) groups is 1. The summed E-state index contributed by atoms with van der Waals surface area (Å²) in [6, 6.07) is 22.9. The van der Waals surface area contributed by atoms with Gasteiger partial charge in [0.15, 0.2) is 5.13 Å². The molecule has 3 heterocycles. The highest BCUT2D eigenvalue weighted by molar-refractivity contribution is 7.22. The molecule has 0 fully saturated rings. The number of aromatic amines is 1. The number of hydrogen-bond donors (Lipinski definition) is 3. The van der Waals surface area contributed by atoms with E-state index in [1.165, 1.54) is 0 Å². The van der Waals surface area contributed by atoms with Gasteiger partial charge in [-0.3, -0.25) is 4.79 Å². The monoisotopic (exact) mass is 453 g/mol. The molecule has 2 aromatic heterocycles. The van der Waals surface area contributed by atoms with Gasteiger partial charge in [0.2, 0.25) is 5.96 Å². The fraction of sp³-hybridized carbons (Fsp3) is 0.0800. The standard InChI is InChI=1S/C25H19N5O2S/c1-32-15-12-10-14(11-13-15)21-20-22(16-6-2-3-7-17(16)26-23(20)31)29-24(28-21)30-25-27-18-8-4-5-9-19(18)33-25/h2-13,21H,1H3,(H,26,31)(H2,27,28,29,30)/t21-/m1/s1. The Labute approximate surface area is 192 Å². The van der Waals surface area contributed by atoms with Gasteiger partial charge in [-0.05, 0) is 35.9 Å². The number of rotatable bonds is 3. The van der Waals surface area contributed by atoms with E-state index in [9.17, 15) is 4.79 Å². The van der Waals surface area contributed by atoms with Crippen LogP contribution < -0.4 is 20.9 Å². The maximum atomic E-state index is 13.1. The molecule has 0 radical (unpaired) electrons. The fourth-order valence-corrected chi connectivity index (χ4v) is 4.98. The van der Waals surface area contributed by atoms with Gasteiger partial charge in [0.05, 0.1) is 34.1 Å². The number of guanidine groups is 1. The zero-order chi connectivity index (χ0) is 22.4. The molecule has 0 bridgehead atoms.